The normalized spacial score (nSPS) is 10.7. The minimum atomic E-state index is -0.0656. The van der Waals surface area contributed by atoms with Crippen LogP contribution in [0.25, 0.3) is 10.2 Å². The average Bonchev–Trinajstić information content (AvgIpc) is 3.22. The third-order valence-electron chi connectivity index (χ3n) is 4.28. The Morgan fingerprint density at radius 1 is 1.07 bits per heavy atom. The van der Waals surface area contributed by atoms with Crippen molar-refractivity contribution in [1.29, 1.82) is 0 Å². The molecule has 0 saturated carbocycles. The molecule has 4 aromatic rings. The third kappa shape index (κ3) is 3.63. The van der Waals surface area contributed by atoms with Gasteiger partial charge in [-0.2, -0.15) is 0 Å². The van der Waals surface area contributed by atoms with Gasteiger partial charge in [-0.15, -0.1) is 11.3 Å². The lowest BCUT2D eigenvalue weighted by molar-refractivity contribution is 0.0993. The summed E-state index contributed by atoms with van der Waals surface area (Å²) in [4.78, 5) is 27.6. The van der Waals surface area contributed by atoms with Crippen molar-refractivity contribution >= 4 is 39.0 Å². The third-order valence-corrected chi connectivity index (χ3v) is 5.10. The molecule has 7 heteroatoms. The molecule has 0 unspecified atom stereocenters. The molecule has 0 saturated heterocycles. The number of carbonyl (C=O) groups excluding carboxylic acids is 1. The SMILES string of the molecule is CN(C(=O)c1ccncc1)c1ccc(CNc2ncnc3sccc23)cc1. The summed E-state index contributed by atoms with van der Waals surface area (Å²) in [6.45, 7) is 0.643. The summed E-state index contributed by atoms with van der Waals surface area (Å²) in [6, 6.07) is 13.3. The van der Waals surface area contributed by atoms with Crippen molar-refractivity contribution in [2.75, 3.05) is 17.3 Å². The topological polar surface area (TPSA) is 71.0 Å². The van der Waals surface area contributed by atoms with E-state index < -0.39 is 0 Å². The predicted molar refractivity (Wildman–Crippen MR) is 108 cm³/mol. The first-order valence-electron chi connectivity index (χ1n) is 8.41. The Hall–Kier alpha value is -3.32. The Morgan fingerprint density at radius 2 is 1.85 bits per heavy atom. The van der Waals surface area contributed by atoms with Crippen molar-refractivity contribution in [3.63, 3.8) is 0 Å². The first kappa shape index (κ1) is 17.1. The van der Waals surface area contributed by atoms with Gasteiger partial charge >= 0.3 is 0 Å². The van der Waals surface area contributed by atoms with Gasteiger partial charge < -0.3 is 10.2 Å². The van der Waals surface area contributed by atoms with Gasteiger partial charge in [-0.25, -0.2) is 9.97 Å². The van der Waals surface area contributed by atoms with Gasteiger partial charge in [0.2, 0.25) is 0 Å². The van der Waals surface area contributed by atoms with Gasteiger partial charge in [-0.05, 0) is 41.3 Å². The van der Waals surface area contributed by atoms with E-state index in [1.54, 1.807) is 54.1 Å². The van der Waals surface area contributed by atoms with Crippen molar-refractivity contribution in [3.8, 4) is 0 Å². The number of hydrogen-bond donors (Lipinski definition) is 1. The van der Waals surface area contributed by atoms with Gasteiger partial charge in [-0.1, -0.05) is 12.1 Å². The first-order valence-corrected chi connectivity index (χ1v) is 9.29. The van der Waals surface area contributed by atoms with E-state index in [-0.39, 0.29) is 5.91 Å². The predicted octanol–water partition coefficient (Wildman–Crippen LogP) is 3.98. The van der Waals surface area contributed by atoms with Crippen molar-refractivity contribution in [2.45, 2.75) is 6.54 Å². The number of nitrogens with zero attached hydrogens (tertiary/aromatic N) is 4. The number of anilines is 2. The van der Waals surface area contributed by atoms with Crippen LogP contribution in [0.5, 0.6) is 0 Å². The molecule has 0 aliphatic rings. The van der Waals surface area contributed by atoms with Crippen LogP contribution in [0.2, 0.25) is 0 Å². The van der Waals surface area contributed by atoms with Gasteiger partial charge in [-0.3, -0.25) is 9.78 Å². The van der Waals surface area contributed by atoms with Crippen LogP contribution in [0, 0.1) is 0 Å². The molecule has 4 rings (SSSR count). The summed E-state index contributed by atoms with van der Waals surface area (Å²) in [5.41, 5.74) is 2.55. The zero-order valence-corrected chi connectivity index (χ0v) is 15.5. The number of benzene rings is 1. The Bertz CT molecular complexity index is 1060. The van der Waals surface area contributed by atoms with Crippen LogP contribution in [0.15, 0.2) is 66.6 Å². The number of pyridine rings is 1. The van der Waals surface area contributed by atoms with Crippen molar-refractivity contribution in [3.05, 3.63) is 77.7 Å². The molecule has 3 heterocycles. The summed E-state index contributed by atoms with van der Waals surface area (Å²) in [6.07, 6.45) is 4.81. The number of amides is 1. The summed E-state index contributed by atoms with van der Waals surface area (Å²) < 4.78 is 0. The molecule has 1 N–H and O–H groups in total. The van der Waals surface area contributed by atoms with Gasteiger partial charge in [0.05, 0.1) is 5.39 Å². The number of rotatable bonds is 5. The molecule has 0 spiro atoms. The Morgan fingerprint density at radius 3 is 2.63 bits per heavy atom. The van der Waals surface area contributed by atoms with Gasteiger partial charge in [0.15, 0.2) is 0 Å². The van der Waals surface area contributed by atoms with Gasteiger partial charge in [0, 0.05) is 37.2 Å². The fourth-order valence-corrected chi connectivity index (χ4v) is 3.49. The number of hydrogen-bond acceptors (Lipinski definition) is 6. The van der Waals surface area contributed by atoms with E-state index in [1.165, 1.54) is 0 Å². The highest BCUT2D eigenvalue weighted by Crippen LogP contribution is 2.24. The molecular formula is C20H17N5OS. The van der Waals surface area contributed by atoms with Crippen LogP contribution >= 0.6 is 11.3 Å². The van der Waals surface area contributed by atoms with Gasteiger partial charge in [0.25, 0.3) is 5.91 Å². The average molecular weight is 375 g/mol. The summed E-state index contributed by atoms with van der Waals surface area (Å²) in [5, 5.41) is 6.39. The minimum absolute atomic E-state index is 0.0656. The molecule has 0 fully saturated rings. The summed E-state index contributed by atoms with van der Waals surface area (Å²) in [5.74, 6) is 0.763. The highest BCUT2D eigenvalue weighted by molar-refractivity contribution is 7.16. The van der Waals surface area contributed by atoms with Crippen LogP contribution in [0.3, 0.4) is 0 Å². The Labute approximate surface area is 160 Å². The molecular weight excluding hydrogens is 358 g/mol. The summed E-state index contributed by atoms with van der Waals surface area (Å²) in [7, 11) is 1.77. The largest absolute Gasteiger partial charge is 0.365 e. The van der Waals surface area contributed by atoms with Crippen molar-refractivity contribution < 1.29 is 4.79 Å². The van der Waals surface area contributed by atoms with Crippen LogP contribution in [-0.2, 0) is 6.54 Å². The maximum Gasteiger partial charge on any atom is 0.258 e. The van der Waals surface area contributed by atoms with Crippen molar-refractivity contribution in [2.24, 2.45) is 0 Å². The maximum absolute atomic E-state index is 12.5. The lowest BCUT2D eigenvalue weighted by Gasteiger charge is -2.18. The number of carbonyl (C=O) groups is 1. The van der Waals surface area contributed by atoms with Crippen LogP contribution in [0.4, 0.5) is 11.5 Å². The molecule has 3 aromatic heterocycles. The second-order valence-electron chi connectivity index (χ2n) is 5.98. The number of nitrogens with one attached hydrogen (secondary N) is 1. The second kappa shape index (κ2) is 7.51. The highest BCUT2D eigenvalue weighted by Gasteiger charge is 2.13. The van der Waals surface area contributed by atoms with E-state index in [4.69, 9.17) is 0 Å². The highest BCUT2D eigenvalue weighted by atomic mass is 32.1. The quantitative estimate of drug-likeness (QED) is 0.571. The lowest BCUT2D eigenvalue weighted by Crippen LogP contribution is -2.26. The van der Waals surface area contributed by atoms with E-state index >= 15 is 0 Å². The molecule has 0 bridgehead atoms. The molecule has 0 aliphatic heterocycles. The zero-order chi connectivity index (χ0) is 18.6. The molecule has 6 nitrogen and oxygen atoms in total. The first-order chi connectivity index (χ1) is 13.2. The van der Waals surface area contributed by atoms with E-state index in [1.807, 2.05) is 35.7 Å². The second-order valence-corrected chi connectivity index (χ2v) is 6.88. The molecule has 0 radical (unpaired) electrons. The lowest BCUT2D eigenvalue weighted by atomic mass is 10.1. The standard InChI is InChI=1S/C20H17N5OS/c1-25(20(26)15-6-9-21-10-7-15)16-4-2-14(3-5-16)12-22-18-17-8-11-27-19(17)24-13-23-18/h2-11,13H,12H2,1H3,(H,22,23,24). The summed E-state index contributed by atoms with van der Waals surface area (Å²) >= 11 is 1.60. The molecule has 1 aromatic carbocycles. The van der Waals surface area contributed by atoms with Crippen LogP contribution < -0.4 is 10.2 Å². The molecule has 27 heavy (non-hydrogen) atoms. The molecule has 1 amide bonds. The minimum Gasteiger partial charge on any atom is -0.365 e. The molecule has 0 aliphatic carbocycles. The number of aromatic nitrogens is 3. The molecule has 134 valence electrons. The van der Waals surface area contributed by atoms with Gasteiger partial charge in [0.1, 0.15) is 17.0 Å². The van der Waals surface area contributed by atoms with Crippen LogP contribution in [-0.4, -0.2) is 27.9 Å². The van der Waals surface area contributed by atoms with Crippen LogP contribution in [0.1, 0.15) is 15.9 Å². The number of fused-ring (bicyclic) bond motifs is 1. The number of thiophene rings is 1. The fraction of sp³-hybridized carbons (Fsp3) is 0.100. The zero-order valence-electron chi connectivity index (χ0n) is 14.7. The van der Waals surface area contributed by atoms with E-state index in [0.29, 0.717) is 12.1 Å². The van der Waals surface area contributed by atoms with Crippen molar-refractivity contribution in [1.82, 2.24) is 15.0 Å². The molecule has 0 atom stereocenters. The Balaban J connectivity index is 1.44. The monoisotopic (exact) mass is 375 g/mol. The smallest absolute Gasteiger partial charge is 0.258 e. The fourth-order valence-electron chi connectivity index (χ4n) is 2.76. The Kier molecular flexibility index (Phi) is 4.76. The van der Waals surface area contributed by atoms with E-state index in [2.05, 4.69) is 20.3 Å². The van der Waals surface area contributed by atoms with E-state index in [0.717, 1.165) is 27.3 Å². The van der Waals surface area contributed by atoms with E-state index in [9.17, 15) is 4.79 Å². The maximum atomic E-state index is 12.5.